The molecule has 1 heterocycles. The van der Waals surface area contributed by atoms with Crippen molar-refractivity contribution in [2.24, 2.45) is 0 Å². The zero-order valence-electron chi connectivity index (χ0n) is 12.2. The molecule has 0 aliphatic heterocycles. The number of methoxy groups -OCH3 is 2. The summed E-state index contributed by atoms with van der Waals surface area (Å²) >= 11 is 1.61. The van der Waals surface area contributed by atoms with Crippen molar-refractivity contribution >= 4 is 29.0 Å². The van der Waals surface area contributed by atoms with Crippen LogP contribution in [0, 0.1) is 0 Å². The van der Waals surface area contributed by atoms with Crippen molar-refractivity contribution < 1.29 is 19.1 Å². The first-order valence-corrected chi connectivity index (χ1v) is 7.36. The first-order valence-electron chi connectivity index (χ1n) is 6.41. The summed E-state index contributed by atoms with van der Waals surface area (Å²) in [7, 11) is 2.49. The largest absolute Gasteiger partial charge is 0.466 e. The van der Waals surface area contributed by atoms with Gasteiger partial charge in [0.05, 0.1) is 20.3 Å². The van der Waals surface area contributed by atoms with Crippen LogP contribution < -0.4 is 5.32 Å². The smallest absolute Gasteiger partial charge is 0.354 e. The fourth-order valence-electron chi connectivity index (χ4n) is 1.79. The molecule has 0 atom stereocenters. The second kappa shape index (κ2) is 7.42. The molecule has 0 bridgehead atoms. The standard InChI is InChI=1S/C16H15NO4S/c1-20-15(18)9-14(16(19)21-2)17-13-5-3-4-11(8-13)12-6-7-22-10-12/h3-10,17H,1-2H3/b14-9+. The lowest BCUT2D eigenvalue weighted by Crippen LogP contribution is -2.15. The Bertz CT molecular complexity index is 692. The van der Waals surface area contributed by atoms with Gasteiger partial charge in [0.2, 0.25) is 0 Å². The van der Waals surface area contributed by atoms with E-state index >= 15 is 0 Å². The Balaban J connectivity index is 2.27. The number of nitrogens with one attached hydrogen (secondary N) is 1. The Hall–Kier alpha value is -2.60. The average Bonchev–Trinajstić information content (AvgIpc) is 3.08. The van der Waals surface area contributed by atoms with Gasteiger partial charge in [-0.25, -0.2) is 9.59 Å². The maximum atomic E-state index is 11.7. The molecule has 1 aromatic carbocycles. The summed E-state index contributed by atoms with van der Waals surface area (Å²) in [4.78, 5) is 23.1. The Morgan fingerprint density at radius 2 is 1.95 bits per heavy atom. The van der Waals surface area contributed by atoms with E-state index in [4.69, 9.17) is 0 Å². The van der Waals surface area contributed by atoms with Crippen molar-refractivity contribution in [3.63, 3.8) is 0 Å². The normalized spacial score (nSPS) is 10.9. The molecular formula is C16H15NO4S. The van der Waals surface area contributed by atoms with Crippen molar-refractivity contribution in [1.29, 1.82) is 0 Å². The molecule has 0 spiro atoms. The summed E-state index contributed by atoms with van der Waals surface area (Å²) in [5.74, 6) is -1.28. The van der Waals surface area contributed by atoms with Crippen LogP contribution in [0.1, 0.15) is 0 Å². The number of anilines is 1. The number of ether oxygens (including phenoxy) is 2. The number of rotatable bonds is 5. The minimum atomic E-state index is -0.647. The molecule has 0 unspecified atom stereocenters. The SMILES string of the molecule is COC(=O)/C=C(/Nc1cccc(-c2ccsc2)c1)C(=O)OC. The Morgan fingerprint density at radius 3 is 2.59 bits per heavy atom. The second-order valence-corrected chi connectivity index (χ2v) is 5.07. The summed E-state index contributed by atoms with van der Waals surface area (Å²) in [6.07, 6.45) is 1.06. The van der Waals surface area contributed by atoms with Crippen LogP contribution in [0.2, 0.25) is 0 Å². The summed E-state index contributed by atoms with van der Waals surface area (Å²) in [5, 5.41) is 6.91. The third-order valence-corrected chi connectivity index (χ3v) is 3.55. The predicted octanol–water partition coefficient (Wildman–Crippen LogP) is 3.06. The first kappa shape index (κ1) is 15.8. The number of carbonyl (C=O) groups excluding carboxylic acids is 2. The Morgan fingerprint density at radius 1 is 1.14 bits per heavy atom. The van der Waals surface area contributed by atoms with Gasteiger partial charge in [0.25, 0.3) is 0 Å². The van der Waals surface area contributed by atoms with E-state index in [0.717, 1.165) is 17.2 Å². The lowest BCUT2D eigenvalue weighted by Gasteiger charge is -2.10. The molecule has 1 N–H and O–H groups in total. The number of hydrogen-bond acceptors (Lipinski definition) is 6. The molecule has 0 aliphatic carbocycles. The molecule has 114 valence electrons. The topological polar surface area (TPSA) is 64.6 Å². The summed E-state index contributed by atoms with van der Waals surface area (Å²) in [5.41, 5.74) is 2.78. The highest BCUT2D eigenvalue weighted by Crippen LogP contribution is 2.25. The number of carbonyl (C=O) groups is 2. The van der Waals surface area contributed by atoms with E-state index in [1.54, 1.807) is 17.4 Å². The molecule has 2 aromatic rings. The van der Waals surface area contributed by atoms with Gasteiger partial charge in [0.15, 0.2) is 0 Å². The monoisotopic (exact) mass is 317 g/mol. The van der Waals surface area contributed by atoms with Crippen molar-refractivity contribution in [2.45, 2.75) is 0 Å². The number of thiophene rings is 1. The molecule has 0 amide bonds. The van der Waals surface area contributed by atoms with E-state index in [1.807, 2.05) is 35.0 Å². The zero-order chi connectivity index (χ0) is 15.9. The molecule has 0 aliphatic rings. The van der Waals surface area contributed by atoms with Crippen LogP contribution in [0.25, 0.3) is 11.1 Å². The maximum absolute atomic E-state index is 11.7. The molecule has 5 nitrogen and oxygen atoms in total. The van der Waals surface area contributed by atoms with Crippen LogP contribution in [0.5, 0.6) is 0 Å². The van der Waals surface area contributed by atoms with Crippen molar-refractivity contribution in [2.75, 3.05) is 19.5 Å². The quantitative estimate of drug-likeness (QED) is 0.678. The van der Waals surface area contributed by atoms with E-state index in [0.29, 0.717) is 5.69 Å². The second-order valence-electron chi connectivity index (χ2n) is 4.29. The fraction of sp³-hybridized carbons (Fsp3) is 0.125. The molecule has 0 fully saturated rings. The lowest BCUT2D eigenvalue weighted by atomic mass is 10.1. The highest BCUT2D eigenvalue weighted by Gasteiger charge is 2.13. The van der Waals surface area contributed by atoms with E-state index < -0.39 is 11.9 Å². The van der Waals surface area contributed by atoms with Crippen LogP contribution in [-0.4, -0.2) is 26.2 Å². The van der Waals surface area contributed by atoms with Crippen LogP contribution in [0.3, 0.4) is 0 Å². The molecule has 6 heteroatoms. The molecular weight excluding hydrogens is 302 g/mol. The maximum Gasteiger partial charge on any atom is 0.354 e. The summed E-state index contributed by atoms with van der Waals surface area (Å²) in [6.45, 7) is 0. The molecule has 22 heavy (non-hydrogen) atoms. The van der Waals surface area contributed by atoms with Crippen LogP contribution in [0.4, 0.5) is 5.69 Å². The van der Waals surface area contributed by atoms with Gasteiger partial charge in [-0.15, -0.1) is 0 Å². The fourth-order valence-corrected chi connectivity index (χ4v) is 2.46. The average molecular weight is 317 g/mol. The van der Waals surface area contributed by atoms with Crippen molar-refractivity contribution in [3.8, 4) is 11.1 Å². The molecule has 0 saturated heterocycles. The lowest BCUT2D eigenvalue weighted by molar-refractivity contribution is -0.138. The van der Waals surface area contributed by atoms with Gasteiger partial charge in [0.1, 0.15) is 5.70 Å². The van der Waals surface area contributed by atoms with Crippen LogP contribution >= 0.6 is 11.3 Å². The Labute approximate surface area is 132 Å². The van der Waals surface area contributed by atoms with Gasteiger partial charge >= 0.3 is 11.9 Å². The predicted molar refractivity (Wildman–Crippen MR) is 85.5 cm³/mol. The summed E-state index contributed by atoms with van der Waals surface area (Å²) < 4.78 is 9.19. The van der Waals surface area contributed by atoms with Crippen LogP contribution in [-0.2, 0) is 19.1 Å². The van der Waals surface area contributed by atoms with E-state index in [1.165, 1.54) is 14.2 Å². The molecule has 0 radical (unpaired) electrons. The van der Waals surface area contributed by atoms with Gasteiger partial charge in [-0.05, 0) is 40.1 Å². The van der Waals surface area contributed by atoms with Gasteiger partial charge in [-0.2, -0.15) is 11.3 Å². The van der Waals surface area contributed by atoms with Gasteiger partial charge in [0, 0.05) is 5.69 Å². The van der Waals surface area contributed by atoms with E-state index in [-0.39, 0.29) is 5.70 Å². The molecule has 2 rings (SSSR count). The highest BCUT2D eigenvalue weighted by atomic mass is 32.1. The van der Waals surface area contributed by atoms with Crippen molar-refractivity contribution in [3.05, 3.63) is 52.9 Å². The van der Waals surface area contributed by atoms with E-state index in [2.05, 4.69) is 14.8 Å². The minimum absolute atomic E-state index is 0.0109. The number of esters is 2. The first-order chi connectivity index (χ1) is 10.6. The van der Waals surface area contributed by atoms with E-state index in [9.17, 15) is 9.59 Å². The number of hydrogen-bond donors (Lipinski definition) is 1. The van der Waals surface area contributed by atoms with Crippen LogP contribution in [0.15, 0.2) is 52.9 Å². The van der Waals surface area contributed by atoms with Gasteiger partial charge in [-0.1, -0.05) is 12.1 Å². The Kier molecular flexibility index (Phi) is 5.32. The van der Waals surface area contributed by atoms with Gasteiger partial charge < -0.3 is 14.8 Å². The zero-order valence-corrected chi connectivity index (χ0v) is 13.0. The third kappa shape index (κ3) is 3.95. The van der Waals surface area contributed by atoms with Gasteiger partial charge in [-0.3, -0.25) is 0 Å². The minimum Gasteiger partial charge on any atom is -0.466 e. The highest BCUT2D eigenvalue weighted by molar-refractivity contribution is 7.08. The number of benzene rings is 1. The molecule has 0 saturated carbocycles. The summed E-state index contributed by atoms with van der Waals surface area (Å²) in [6, 6.07) is 9.52. The molecule has 1 aromatic heterocycles. The van der Waals surface area contributed by atoms with Crippen molar-refractivity contribution in [1.82, 2.24) is 0 Å². The third-order valence-electron chi connectivity index (χ3n) is 2.86.